The van der Waals surface area contributed by atoms with E-state index in [9.17, 15) is 10.1 Å². The van der Waals surface area contributed by atoms with Gasteiger partial charge >= 0.3 is 0 Å². The van der Waals surface area contributed by atoms with Crippen LogP contribution in [0, 0.1) is 34.5 Å². The number of nitrogens with zero attached hydrogens (tertiary/aromatic N) is 1. The number of benzene rings is 2. The van der Waals surface area contributed by atoms with Gasteiger partial charge in [0.2, 0.25) is 5.91 Å². The highest BCUT2D eigenvalue weighted by Gasteiger charge is 2.83. The highest BCUT2D eigenvalue weighted by atomic mass is 79.9. The quantitative estimate of drug-likeness (QED) is 0.323. The Bertz CT molecular complexity index is 1160. The monoisotopic (exact) mass is 674 g/mol. The predicted molar refractivity (Wildman–Crippen MR) is 146 cm³/mol. The second kappa shape index (κ2) is 8.82. The lowest BCUT2D eigenvalue weighted by atomic mass is 9.43. The summed E-state index contributed by atoms with van der Waals surface area (Å²) in [5.74, 6) is -0.524. The minimum atomic E-state index is -0.528. The van der Waals surface area contributed by atoms with Gasteiger partial charge in [0.05, 0.1) is 21.1 Å². The fourth-order valence-corrected chi connectivity index (χ4v) is 11.3. The number of rotatable bonds is 5. The molecule has 0 spiro atoms. The molecule has 0 aliphatic heterocycles. The summed E-state index contributed by atoms with van der Waals surface area (Å²) < 4.78 is 0.117. The average molecular weight is 678 g/mol. The number of fused-ring (bicyclic) bond motifs is 1. The summed E-state index contributed by atoms with van der Waals surface area (Å²) in [6, 6.07) is 13.2. The Hall–Kier alpha value is -0.580. The van der Waals surface area contributed by atoms with E-state index in [1.807, 2.05) is 25.1 Å². The Balaban J connectivity index is 1.63. The van der Waals surface area contributed by atoms with E-state index < -0.39 is 11.3 Å². The van der Waals surface area contributed by atoms with Crippen molar-refractivity contribution in [2.45, 2.75) is 48.1 Å². The number of carbonyl (C=O) groups is 1. The van der Waals surface area contributed by atoms with Crippen LogP contribution in [0.4, 0.5) is 5.69 Å². The zero-order chi connectivity index (χ0) is 24.3. The lowest BCUT2D eigenvalue weighted by molar-refractivity contribution is -0.155. The van der Waals surface area contributed by atoms with Crippen LogP contribution < -0.4 is 5.32 Å². The SMILES string of the molecule is Cc1cc(C(C#N)c2ccc(Cl)cc2)c(Cl)cc1NC(=O)C12CCC(C(Br)Br)(C1Br)C2(C)C. The maximum absolute atomic E-state index is 13.7. The average Bonchev–Trinajstić information content (AvgIpc) is 3.23. The Labute approximate surface area is 230 Å². The van der Waals surface area contributed by atoms with Crippen molar-refractivity contribution >= 4 is 82.6 Å². The fraction of sp³-hybridized carbons (Fsp3) is 0.440. The van der Waals surface area contributed by atoms with Crippen LogP contribution >= 0.6 is 71.0 Å². The lowest BCUT2D eigenvalue weighted by Crippen LogP contribution is -2.71. The summed E-state index contributed by atoms with van der Waals surface area (Å²) in [5, 5.41) is 14.1. The molecule has 4 atom stereocenters. The van der Waals surface area contributed by atoms with Crippen LogP contribution in [0.5, 0.6) is 0 Å². The van der Waals surface area contributed by atoms with Gasteiger partial charge in [0, 0.05) is 26.0 Å². The van der Waals surface area contributed by atoms with Crippen LogP contribution in [-0.2, 0) is 4.79 Å². The van der Waals surface area contributed by atoms with E-state index in [1.54, 1.807) is 18.2 Å². The molecule has 3 fully saturated rings. The first-order valence-corrected chi connectivity index (χ1v) is 14.1. The molecule has 2 aromatic carbocycles. The molecule has 0 heterocycles. The van der Waals surface area contributed by atoms with Crippen molar-refractivity contribution in [2.75, 3.05) is 5.32 Å². The van der Waals surface area contributed by atoms with Crippen molar-refractivity contribution in [3.05, 3.63) is 63.1 Å². The van der Waals surface area contributed by atoms with Gasteiger partial charge in [0.15, 0.2) is 0 Å². The van der Waals surface area contributed by atoms with Crippen molar-refractivity contribution in [1.29, 1.82) is 5.26 Å². The third-order valence-corrected chi connectivity index (χ3v) is 11.9. The molecule has 8 heteroatoms. The molecule has 4 unspecified atom stereocenters. The second-order valence-corrected chi connectivity index (χ2v) is 14.4. The first kappa shape index (κ1) is 25.5. The smallest absolute Gasteiger partial charge is 0.232 e. The van der Waals surface area contributed by atoms with Gasteiger partial charge in [-0.1, -0.05) is 103 Å². The van der Waals surface area contributed by atoms with Gasteiger partial charge < -0.3 is 5.32 Å². The van der Waals surface area contributed by atoms with E-state index >= 15 is 0 Å². The second-order valence-electron chi connectivity index (χ2n) is 9.56. The molecule has 1 amide bonds. The molecule has 33 heavy (non-hydrogen) atoms. The largest absolute Gasteiger partial charge is 0.325 e. The maximum Gasteiger partial charge on any atom is 0.232 e. The molecule has 2 aromatic rings. The molecule has 3 aliphatic carbocycles. The van der Waals surface area contributed by atoms with Gasteiger partial charge in [-0.2, -0.15) is 5.26 Å². The van der Waals surface area contributed by atoms with Crippen LogP contribution in [0.3, 0.4) is 0 Å². The van der Waals surface area contributed by atoms with Crippen LogP contribution in [-0.4, -0.2) is 14.5 Å². The van der Waals surface area contributed by atoms with Crippen molar-refractivity contribution < 1.29 is 4.79 Å². The lowest BCUT2D eigenvalue weighted by Gasteiger charge is -2.66. The van der Waals surface area contributed by atoms with E-state index in [2.05, 4.69) is 73.0 Å². The molecule has 0 aromatic heterocycles. The van der Waals surface area contributed by atoms with E-state index in [4.69, 9.17) is 23.2 Å². The van der Waals surface area contributed by atoms with Gasteiger partial charge in [0.25, 0.3) is 0 Å². The molecule has 5 rings (SSSR count). The van der Waals surface area contributed by atoms with E-state index in [0.717, 1.165) is 24.0 Å². The van der Waals surface area contributed by atoms with Gasteiger partial charge in [-0.05, 0) is 60.1 Å². The van der Waals surface area contributed by atoms with Gasteiger partial charge in [-0.25, -0.2) is 0 Å². The number of aryl methyl sites for hydroxylation is 1. The number of hydrogen-bond donors (Lipinski definition) is 1. The van der Waals surface area contributed by atoms with Gasteiger partial charge in [-0.15, -0.1) is 0 Å². The first-order chi connectivity index (χ1) is 15.4. The minimum Gasteiger partial charge on any atom is -0.325 e. The number of halogens is 5. The number of nitrogens with one attached hydrogen (secondary N) is 1. The molecule has 2 bridgehead atoms. The highest BCUT2D eigenvalue weighted by Crippen LogP contribution is 2.82. The number of amides is 1. The zero-order valence-corrected chi connectivity index (χ0v) is 24.6. The highest BCUT2D eigenvalue weighted by molar-refractivity contribution is 9.24. The maximum atomic E-state index is 13.7. The summed E-state index contributed by atoms with van der Waals surface area (Å²) in [6.07, 6.45) is 1.77. The zero-order valence-electron chi connectivity index (χ0n) is 18.4. The number of carbonyl (C=O) groups excluding carboxylic acids is 1. The van der Waals surface area contributed by atoms with Gasteiger partial charge in [-0.3, -0.25) is 4.79 Å². The third-order valence-electron chi connectivity index (χ3n) is 8.13. The van der Waals surface area contributed by atoms with Crippen molar-refractivity contribution in [3.8, 4) is 6.07 Å². The molecule has 0 saturated heterocycles. The number of nitriles is 1. The summed E-state index contributed by atoms with van der Waals surface area (Å²) in [6.45, 7) is 6.28. The molecular weight excluding hydrogens is 655 g/mol. The van der Waals surface area contributed by atoms with Crippen LogP contribution in [0.25, 0.3) is 0 Å². The summed E-state index contributed by atoms with van der Waals surface area (Å²) >= 11 is 24.0. The van der Waals surface area contributed by atoms with Crippen molar-refractivity contribution in [2.24, 2.45) is 16.2 Å². The topological polar surface area (TPSA) is 52.9 Å². The summed E-state index contributed by atoms with van der Waals surface area (Å²) in [4.78, 5) is 13.7. The molecule has 1 N–H and O–H groups in total. The standard InChI is InChI=1S/C25H23Br3Cl2N2O/c1-13-10-16(17(12-31)14-4-6-15(29)7-5-14)18(30)11-19(13)32-22(33)25-9-8-24(20(25)26,21(27)28)23(25,2)3/h4-7,10-11,17,20-21H,8-9H2,1-3H3,(H,32,33). The Morgan fingerprint density at radius 3 is 2.33 bits per heavy atom. The summed E-state index contributed by atoms with van der Waals surface area (Å²) in [5.41, 5.74) is 2.30. The van der Waals surface area contributed by atoms with Crippen LogP contribution in [0.2, 0.25) is 10.0 Å². The normalized spacial score (nSPS) is 28.2. The van der Waals surface area contributed by atoms with Crippen LogP contribution in [0.15, 0.2) is 36.4 Å². The first-order valence-electron chi connectivity index (χ1n) is 10.6. The van der Waals surface area contributed by atoms with E-state index in [0.29, 0.717) is 21.3 Å². The number of alkyl halides is 3. The number of hydrogen-bond acceptors (Lipinski definition) is 2. The van der Waals surface area contributed by atoms with E-state index in [-0.39, 0.29) is 25.3 Å². The van der Waals surface area contributed by atoms with Crippen LogP contribution in [0.1, 0.15) is 49.3 Å². The minimum absolute atomic E-state index is 0.00426. The Kier molecular flexibility index (Phi) is 6.82. The Morgan fingerprint density at radius 1 is 1.18 bits per heavy atom. The number of anilines is 1. The Morgan fingerprint density at radius 2 is 1.82 bits per heavy atom. The van der Waals surface area contributed by atoms with Crippen molar-refractivity contribution in [1.82, 2.24) is 0 Å². The molecule has 174 valence electrons. The molecule has 0 radical (unpaired) electrons. The predicted octanol–water partition coefficient (Wildman–Crippen LogP) is 8.58. The fourth-order valence-electron chi connectivity index (χ4n) is 5.97. The molecule has 3 nitrogen and oxygen atoms in total. The third kappa shape index (κ3) is 3.48. The van der Waals surface area contributed by atoms with E-state index in [1.165, 1.54) is 0 Å². The van der Waals surface area contributed by atoms with Gasteiger partial charge in [0.1, 0.15) is 0 Å². The molecular formula is C25H23Br3Cl2N2O. The molecule has 3 aliphatic rings. The van der Waals surface area contributed by atoms with Crippen molar-refractivity contribution in [3.63, 3.8) is 0 Å². The summed E-state index contributed by atoms with van der Waals surface area (Å²) in [7, 11) is 0. The molecule has 3 saturated carbocycles.